The molecule has 0 radical (unpaired) electrons. The zero-order valence-electron chi connectivity index (χ0n) is 13.0. The molecule has 22 heavy (non-hydrogen) atoms. The summed E-state index contributed by atoms with van der Waals surface area (Å²) in [7, 11) is 0. The maximum absolute atomic E-state index is 12.5. The lowest BCUT2D eigenvalue weighted by molar-refractivity contribution is -0.139. The van der Waals surface area contributed by atoms with Crippen LogP contribution < -0.4 is 5.32 Å². The van der Waals surface area contributed by atoms with Crippen molar-refractivity contribution in [3.63, 3.8) is 0 Å². The minimum atomic E-state index is -0.304. The Labute approximate surface area is 129 Å². The first-order valence-electron chi connectivity index (χ1n) is 7.37. The summed E-state index contributed by atoms with van der Waals surface area (Å²) in [5.41, 5.74) is 3.58. The van der Waals surface area contributed by atoms with E-state index >= 15 is 0 Å². The largest absolute Gasteiger partial charge is 0.463 e. The van der Waals surface area contributed by atoms with E-state index in [1.807, 2.05) is 55.8 Å². The Kier molecular flexibility index (Phi) is 3.71. The molecule has 0 saturated heterocycles. The van der Waals surface area contributed by atoms with Crippen LogP contribution in [0.25, 0.3) is 0 Å². The quantitative estimate of drug-likeness (QED) is 0.885. The molecule has 114 valence electrons. The molecule has 3 rings (SSSR count). The second kappa shape index (κ2) is 5.67. The molecule has 1 N–H and O–H groups in total. The smallest absolute Gasteiger partial charge is 0.338 e. The average Bonchev–Trinajstić information content (AvgIpc) is 2.94. The summed E-state index contributed by atoms with van der Waals surface area (Å²) in [4.78, 5) is 12.5. The van der Waals surface area contributed by atoms with Crippen molar-refractivity contribution in [2.75, 3.05) is 11.9 Å². The summed E-state index contributed by atoms with van der Waals surface area (Å²) < 4.78 is 7.09. The molecule has 1 unspecified atom stereocenters. The molecule has 1 aromatic heterocycles. The monoisotopic (exact) mass is 297 g/mol. The lowest BCUT2D eigenvalue weighted by atomic mass is 9.92. The van der Waals surface area contributed by atoms with Crippen LogP contribution in [0.2, 0.25) is 0 Å². The number of nitrogens with one attached hydrogen (secondary N) is 1. The Balaban J connectivity index is 2.18. The molecule has 1 aliphatic heterocycles. The summed E-state index contributed by atoms with van der Waals surface area (Å²) in [6, 6.07) is 9.67. The third kappa shape index (κ3) is 2.28. The van der Waals surface area contributed by atoms with Gasteiger partial charge in [0.15, 0.2) is 0 Å². The Hall–Kier alpha value is -2.56. The number of aryl methyl sites for hydroxylation is 1. The zero-order chi connectivity index (χ0) is 15.7. The molecule has 0 amide bonds. The number of ether oxygens (including phenoxy) is 1. The highest BCUT2D eigenvalue weighted by Crippen LogP contribution is 2.37. The van der Waals surface area contributed by atoms with Crippen LogP contribution in [0.3, 0.4) is 0 Å². The third-order valence-corrected chi connectivity index (χ3v) is 3.89. The standard InChI is InChI=1S/C17H19N3O2/c1-4-22-17(21)15-12(3)19-14-9-10-18-20(14)16(15)13-8-6-5-7-11(13)2/h5-10,16,19H,4H2,1-3H3. The molecule has 5 nitrogen and oxygen atoms in total. The second-order valence-corrected chi connectivity index (χ2v) is 5.30. The van der Waals surface area contributed by atoms with Crippen molar-refractivity contribution in [2.24, 2.45) is 0 Å². The summed E-state index contributed by atoms with van der Waals surface area (Å²) in [6.07, 6.45) is 1.73. The van der Waals surface area contributed by atoms with Gasteiger partial charge in [0.2, 0.25) is 0 Å². The van der Waals surface area contributed by atoms with Gasteiger partial charge in [0.05, 0.1) is 18.4 Å². The normalized spacial score (nSPS) is 17.0. The number of allylic oxidation sites excluding steroid dienone is 1. The van der Waals surface area contributed by atoms with Gasteiger partial charge in [-0.3, -0.25) is 0 Å². The lowest BCUT2D eigenvalue weighted by Crippen LogP contribution is -2.29. The number of esters is 1. The molecule has 0 bridgehead atoms. The summed E-state index contributed by atoms with van der Waals surface area (Å²) >= 11 is 0. The maximum Gasteiger partial charge on any atom is 0.338 e. The van der Waals surface area contributed by atoms with E-state index in [0.29, 0.717) is 12.2 Å². The number of nitrogens with zero attached hydrogens (tertiary/aromatic N) is 2. The zero-order valence-corrected chi connectivity index (χ0v) is 13.0. The van der Waals surface area contributed by atoms with E-state index in [2.05, 4.69) is 10.4 Å². The fraction of sp³-hybridized carbons (Fsp3) is 0.294. The number of hydrogen-bond donors (Lipinski definition) is 1. The van der Waals surface area contributed by atoms with Crippen molar-refractivity contribution < 1.29 is 9.53 Å². The van der Waals surface area contributed by atoms with Gasteiger partial charge in [-0.15, -0.1) is 0 Å². The number of aromatic nitrogens is 2. The molecule has 2 heterocycles. The molecule has 0 saturated carbocycles. The van der Waals surface area contributed by atoms with E-state index < -0.39 is 0 Å². The van der Waals surface area contributed by atoms with Gasteiger partial charge in [-0.05, 0) is 31.9 Å². The number of rotatable bonds is 3. The van der Waals surface area contributed by atoms with Crippen LogP contribution in [0.4, 0.5) is 5.82 Å². The van der Waals surface area contributed by atoms with Gasteiger partial charge in [0.1, 0.15) is 11.9 Å². The first kappa shape index (κ1) is 14.4. The van der Waals surface area contributed by atoms with Gasteiger partial charge < -0.3 is 10.1 Å². The van der Waals surface area contributed by atoms with Crippen LogP contribution in [-0.2, 0) is 9.53 Å². The predicted octanol–water partition coefficient (Wildman–Crippen LogP) is 3.04. The van der Waals surface area contributed by atoms with E-state index in [1.54, 1.807) is 6.20 Å². The average molecular weight is 297 g/mol. The van der Waals surface area contributed by atoms with Crippen molar-refractivity contribution in [3.05, 3.63) is 58.9 Å². The minimum absolute atomic E-state index is 0.272. The van der Waals surface area contributed by atoms with Gasteiger partial charge in [0, 0.05) is 11.8 Å². The Morgan fingerprint density at radius 2 is 2.09 bits per heavy atom. The number of hydrogen-bond acceptors (Lipinski definition) is 4. The lowest BCUT2D eigenvalue weighted by Gasteiger charge is -2.30. The van der Waals surface area contributed by atoms with E-state index in [1.165, 1.54) is 0 Å². The third-order valence-electron chi connectivity index (χ3n) is 3.89. The topological polar surface area (TPSA) is 56.1 Å². The Morgan fingerprint density at radius 3 is 2.82 bits per heavy atom. The maximum atomic E-state index is 12.5. The van der Waals surface area contributed by atoms with E-state index in [4.69, 9.17) is 4.74 Å². The van der Waals surface area contributed by atoms with Crippen LogP contribution in [0.1, 0.15) is 31.0 Å². The molecule has 0 fully saturated rings. The summed E-state index contributed by atoms with van der Waals surface area (Å²) in [5.74, 6) is 0.570. The molecule has 1 aromatic carbocycles. The molecule has 0 spiro atoms. The van der Waals surface area contributed by atoms with Gasteiger partial charge in [-0.25, -0.2) is 9.48 Å². The predicted molar refractivity (Wildman–Crippen MR) is 84.5 cm³/mol. The van der Waals surface area contributed by atoms with Crippen molar-refractivity contribution >= 4 is 11.8 Å². The van der Waals surface area contributed by atoms with E-state index in [-0.39, 0.29) is 12.0 Å². The summed E-state index contributed by atoms with van der Waals surface area (Å²) in [6.45, 7) is 6.10. The number of fused-ring (bicyclic) bond motifs is 1. The van der Waals surface area contributed by atoms with Crippen LogP contribution in [0.5, 0.6) is 0 Å². The minimum Gasteiger partial charge on any atom is -0.463 e. The molecular weight excluding hydrogens is 278 g/mol. The summed E-state index contributed by atoms with van der Waals surface area (Å²) in [5, 5.41) is 7.62. The molecular formula is C17H19N3O2. The van der Waals surface area contributed by atoms with Crippen LogP contribution >= 0.6 is 0 Å². The fourth-order valence-corrected chi connectivity index (χ4v) is 2.86. The first-order valence-corrected chi connectivity index (χ1v) is 7.37. The number of anilines is 1. The second-order valence-electron chi connectivity index (χ2n) is 5.30. The Bertz CT molecular complexity index is 746. The van der Waals surface area contributed by atoms with Crippen molar-refractivity contribution in [1.82, 2.24) is 9.78 Å². The van der Waals surface area contributed by atoms with E-state index in [0.717, 1.165) is 22.6 Å². The van der Waals surface area contributed by atoms with Crippen LogP contribution in [0, 0.1) is 6.92 Å². The van der Waals surface area contributed by atoms with Crippen molar-refractivity contribution in [1.29, 1.82) is 0 Å². The molecule has 1 aliphatic rings. The highest BCUT2D eigenvalue weighted by atomic mass is 16.5. The Morgan fingerprint density at radius 1 is 1.32 bits per heavy atom. The number of benzene rings is 1. The van der Waals surface area contributed by atoms with Crippen LogP contribution in [0.15, 0.2) is 47.8 Å². The van der Waals surface area contributed by atoms with Gasteiger partial charge in [-0.2, -0.15) is 5.10 Å². The highest BCUT2D eigenvalue weighted by Gasteiger charge is 2.34. The molecule has 0 aliphatic carbocycles. The first-order chi connectivity index (χ1) is 10.6. The number of carbonyl (C=O) groups excluding carboxylic acids is 1. The highest BCUT2D eigenvalue weighted by molar-refractivity contribution is 5.92. The number of carbonyl (C=O) groups is 1. The van der Waals surface area contributed by atoms with Crippen LogP contribution in [-0.4, -0.2) is 22.4 Å². The van der Waals surface area contributed by atoms with Crippen molar-refractivity contribution in [3.8, 4) is 0 Å². The molecule has 1 atom stereocenters. The van der Waals surface area contributed by atoms with Gasteiger partial charge >= 0.3 is 5.97 Å². The molecule has 5 heteroatoms. The van der Waals surface area contributed by atoms with Crippen molar-refractivity contribution in [2.45, 2.75) is 26.8 Å². The SMILES string of the molecule is CCOC(=O)C1=C(C)Nc2ccnn2C1c1ccccc1C. The molecule has 2 aromatic rings. The fourth-order valence-electron chi connectivity index (χ4n) is 2.86. The van der Waals surface area contributed by atoms with E-state index in [9.17, 15) is 4.79 Å². The van der Waals surface area contributed by atoms with Gasteiger partial charge in [-0.1, -0.05) is 24.3 Å². The van der Waals surface area contributed by atoms with Gasteiger partial charge in [0.25, 0.3) is 0 Å².